The molecule has 1 heterocycles. The van der Waals surface area contributed by atoms with Gasteiger partial charge in [-0.25, -0.2) is 4.39 Å². The molecule has 1 aliphatic heterocycles. The molecule has 0 bridgehead atoms. The molecule has 0 saturated carbocycles. The van der Waals surface area contributed by atoms with Gasteiger partial charge in [-0.1, -0.05) is 18.2 Å². The van der Waals surface area contributed by atoms with E-state index in [2.05, 4.69) is 0 Å². The van der Waals surface area contributed by atoms with E-state index in [-0.39, 0.29) is 11.9 Å². The van der Waals surface area contributed by atoms with Crippen LogP contribution in [0.2, 0.25) is 0 Å². The van der Waals surface area contributed by atoms with Crippen LogP contribution in [0.3, 0.4) is 0 Å². The van der Waals surface area contributed by atoms with E-state index in [1.165, 1.54) is 6.07 Å². The Bertz CT molecular complexity index is 367. The van der Waals surface area contributed by atoms with Gasteiger partial charge in [0.1, 0.15) is 5.82 Å². The zero-order valence-corrected chi connectivity index (χ0v) is 9.45. The molecule has 16 heavy (non-hydrogen) atoms. The van der Waals surface area contributed by atoms with E-state index in [4.69, 9.17) is 4.74 Å². The van der Waals surface area contributed by atoms with Crippen molar-refractivity contribution in [2.24, 2.45) is 0 Å². The normalized spacial score (nSPS) is 30.3. The summed E-state index contributed by atoms with van der Waals surface area (Å²) in [6.45, 7) is 2.48. The Morgan fingerprint density at radius 1 is 1.50 bits per heavy atom. The molecule has 2 atom stereocenters. The van der Waals surface area contributed by atoms with Crippen molar-refractivity contribution in [3.05, 3.63) is 35.6 Å². The molecule has 0 radical (unpaired) electrons. The highest BCUT2D eigenvalue weighted by atomic mass is 19.1. The molecule has 0 aromatic heterocycles. The predicted molar refractivity (Wildman–Crippen MR) is 59.7 cm³/mol. The van der Waals surface area contributed by atoms with Crippen LogP contribution in [-0.4, -0.2) is 23.4 Å². The predicted octanol–water partition coefficient (Wildman–Crippen LogP) is 2.30. The van der Waals surface area contributed by atoms with Crippen molar-refractivity contribution in [1.29, 1.82) is 0 Å². The molecular formula is C13H17FO2. The summed E-state index contributed by atoms with van der Waals surface area (Å²) in [7, 11) is 0. The lowest BCUT2D eigenvalue weighted by atomic mass is 9.85. The van der Waals surface area contributed by atoms with Crippen LogP contribution in [-0.2, 0) is 11.2 Å². The van der Waals surface area contributed by atoms with E-state index >= 15 is 0 Å². The van der Waals surface area contributed by atoms with Crippen LogP contribution >= 0.6 is 0 Å². The molecule has 0 amide bonds. The lowest BCUT2D eigenvalue weighted by molar-refractivity contribution is -0.0964. The van der Waals surface area contributed by atoms with Crippen LogP contribution in [0, 0.1) is 5.82 Å². The topological polar surface area (TPSA) is 29.5 Å². The monoisotopic (exact) mass is 224 g/mol. The smallest absolute Gasteiger partial charge is 0.126 e. The maximum Gasteiger partial charge on any atom is 0.126 e. The standard InChI is InChI=1S/C13H17FO2/c1-10-8-13(15,6-7-16-10)9-11-4-2-3-5-12(11)14/h2-5,10,15H,6-9H2,1H3. The molecule has 1 aromatic carbocycles. The summed E-state index contributed by atoms with van der Waals surface area (Å²) in [5.74, 6) is -0.241. The molecule has 0 aliphatic carbocycles. The van der Waals surface area contributed by atoms with Gasteiger partial charge in [0.15, 0.2) is 0 Å². The summed E-state index contributed by atoms with van der Waals surface area (Å²) >= 11 is 0. The third-order valence-corrected chi connectivity index (χ3v) is 3.11. The van der Waals surface area contributed by atoms with Gasteiger partial charge in [0.05, 0.1) is 11.7 Å². The van der Waals surface area contributed by atoms with Gasteiger partial charge in [0, 0.05) is 19.4 Å². The molecule has 2 unspecified atom stereocenters. The van der Waals surface area contributed by atoms with Gasteiger partial charge in [-0.05, 0) is 25.0 Å². The zero-order chi connectivity index (χ0) is 11.6. The summed E-state index contributed by atoms with van der Waals surface area (Å²) in [5.41, 5.74) is -0.237. The SMILES string of the molecule is CC1CC(O)(Cc2ccccc2F)CCO1. The van der Waals surface area contributed by atoms with Gasteiger partial charge in [0.25, 0.3) is 0 Å². The molecule has 1 aliphatic rings. The van der Waals surface area contributed by atoms with Gasteiger partial charge < -0.3 is 9.84 Å². The van der Waals surface area contributed by atoms with Crippen molar-refractivity contribution >= 4 is 0 Å². The average molecular weight is 224 g/mol. The number of hydrogen-bond donors (Lipinski definition) is 1. The summed E-state index contributed by atoms with van der Waals surface area (Å²) in [5, 5.41) is 10.4. The van der Waals surface area contributed by atoms with Gasteiger partial charge in [-0.3, -0.25) is 0 Å². The maximum atomic E-state index is 13.5. The Balaban J connectivity index is 2.11. The fourth-order valence-corrected chi connectivity index (χ4v) is 2.30. The minimum absolute atomic E-state index is 0.0468. The van der Waals surface area contributed by atoms with Crippen LogP contribution < -0.4 is 0 Å². The highest BCUT2D eigenvalue weighted by molar-refractivity contribution is 5.19. The average Bonchev–Trinajstić information content (AvgIpc) is 2.21. The molecule has 1 saturated heterocycles. The fraction of sp³-hybridized carbons (Fsp3) is 0.538. The summed E-state index contributed by atoms with van der Waals surface area (Å²) < 4.78 is 18.9. The lowest BCUT2D eigenvalue weighted by Crippen LogP contribution is -2.41. The van der Waals surface area contributed by atoms with E-state index < -0.39 is 5.60 Å². The van der Waals surface area contributed by atoms with Crippen molar-refractivity contribution in [1.82, 2.24) is 0 Å². The number of benzene rings is 1. The number of aliphatic hydroxyl groups is 1. The van der Waals surface area contributed by atoms with Gasteiger partial charge in [-0.15, -0.1) is 0 Å². The van der Waals surface area contributed by atoms with E-state index in [1.54, 1.807) is 18.2 Å². The fourth-order valence-electron chi connectivity index (χ4n) is 2.30. The molecule has 1 fully saturated rings. The van der Waals surface area contributed by atoms with Crippen molar-refractivity contribution in [3.8, 4) is 0 Å². The highest BCUT2D eigenvalue weighted by Gasteiger charge is 2.33. The van der Waals surface area contributed by atoms with Gasteiger partial charge >= 0.3 is 0 Å². The Kier molecular flexibility index (Phi) is 3.26. The molecule has 1 N–H and O–H groups in total. The summed E-state index contributed by atoms with van der Waals surface area (Å²) in [6, 6.07) is 6.62. The second kappa shape index (κ2) is 4.52. The van der Waals surface area contributed by atoms with Gasteiger partial charge in [-0.2, -0.15) is 0 Å². The van der Waals surface area contributed by atoms with E-state index in [0.717, 1.165) is 0 Å². The third kappa shape index (κ3) is 2.60. The Labute approximate surface area is 95.1 Å². The zero-order valence-electron chi connectivity index (χ0n) is 9.45. The molecule has 0 spiro atoms. The third-order valence-electron chi connectivity index (χ3n) is 3.11. The molecule has 3 heteroatoms. The first kappa shape index (κ1) is 11.6. The maximum absolute atomic E-state index is 13.5. The van der Waals surface area contributed by atoms with Crippen LogP contribution in [0.1, 0.15) is 25.3 Å². The van der Waals surface area contributed by atoms with Crippen LogP contribution in [0.5, 0.6) is 0 Å². The van der Waals surface area contributed by atoms with Gasteiger partial charge in [0.2, 0.25) is 0 Å². The second-order valence-corrected chi connectivity index (χ2v) is 4.63. The van der Waals surface area contributed by atoms with Crippen molar-refractivity contribution in [2.45, 2.75) is 37.9 Å². The number of rotatable bonds is 2. The van der Waals surface area contributed by atoms with Crippen LogP contribution in [0.4, 0.5) is 4.39 Å². The van der Waals surface area contributed by atoms with Crippen LogP contribution in [0.25, 0.3) is 0 Å². The minimum Gasteiger partial charge on any atom is -0.389 e. The Morgan fingerprint density at radius 3 is 2.94 bits per heavy atom. The Hall–Kier alpha value is -0.930. The minimum atomic E-state index is -0.820. The number of halogens is 1. The first-order valence-corrected chi connectivity index (χ1v) is 5.66. The largest absolute Gasteiger partial charge is 0.389 e. The lowest BCUT2D eigenvalue weighted by Gasteiger charge is -2.35. The summed E-state index contributed by atoms with van der Waals surface area (Å²) in [6.07, 6.45) is 1.56. The molecule has 88 valence electrons. The van der Waals surface area contributed by atoms with Crippen molar-refractivity contribution in [2.75, 3.05) is 6.61 Å². The molecule has 2 nitrogen and oxygen atoms in total. The van der Waals surface area contributed by atoms with Crippen molar-refractivity contribution in [3.63, 3.8) is 0 Å². The summed E-state index contributed by atoms with van der Waals surface area (Å²) in [4.78, 5) is 0. The number of hydrogen-bond acceptors (Lipinski definition) is 2. The number of ether oxygens (including phenoxy) is 1. The van der Waals surface area contributed by atoms with E-state index in [0.29, 0.717) is 31.4 Å². The van der Waals surface area contributed by atoms with E-state index in [1.807, 2.05) is 6.92 Å². The second-order valence-electron chi connectivity index (χ2n) is 4.63. The molecule has 1 aromatic rings. The quantitative estimate of drug-likeness (QED) is 0.835. The first-order chi connectivity index (χ1) is 7.59. The van der Waals surface area contributed by atoms with Crippen molar-refractivity contribution < 1.29 is 14.2 Å². The first-order valence-electron chi connectivity index (χ1n) is 5.66. The molecular weight excluding hydrogens is 207 g/mol. The van der Waals surface area contributed by atoms with E-state index in [9.17, 15) is 9.50 Å². The molecule has 2 rings (SSSR count). The highest BCUT2D eigenvalue weighted by Crippen LogP contribution is 2.29. The Morgan fingerprint density at radius 2 is 2.25 bits per heavy atom. The van der Waals surface area contributed by atoms with Crippen LogP contribution in [0.15, 0.2) is 24.3 Å².